The van der Waals surface area contributed by atoms with Crippen LogP contribution in [-0.4, -0.2) is 35.6 Å². The van der Waals surface area contributed by atoms with Crippen LogP contribution in [0.1, 0.15) is 23.2 Å². The largest absolute Gasteiger partial charge is 0.391 e. The Labute approximate surface area is 110 Å². The maximum atomic E-state index is 12.1. The van der Waals surface area contributed by atoms with Crippen LogP contribution in [-0.2, 0) is 0 Å². The van der Waals surface area contributed by atoms with E-state index in [-0.39, 0.29) is 12.0 Å². The minimum Gasteiger partial charge on any atom is -0.391 e. The predicted octanol–water partition coefficient (Wildman–Crippen LogP) is 2.29. The number of benzene rings is 1. The van der Waals surface area contributed by atoms with E-state index in [4.69, 9.17) is 0 Å². The molecular formula is C13H16BrNO2. The lowest BCUT2D eigenvalue weighted by Crippen LogP contribution is -2.35. The molecule has 1 saturated carbocycles. The molecule has 1 aliphatic rings. The summed E-state index contributed by atoms with van der Waals surface area (Å²) in [5.74, 6) is 0.335. The molecule has 1 aliphatic carbocycles. The van der Waals surface area contributed by atoms with E-state index in [1.807, 2.05) is 18.2 Å². The van der Waals surface area contributed by atoms with Gasteiger partial charge in [-0.3, -0.25) is 4.79 Å². The zero-order valence-corrected chi connectivity index (χ0v) is 11.4. The van der Waals surface area contributed by atoms with E-state index in [0.717, 1.165) is 17.3 Å². The highest BCUT2D eigenvalue weighted by Gasteiger charge is 2.31. The molecule has 1 N–H and O–H groups in total. The second-order valence-electron chi connectivity index (χ2n) is 4.57. The molecule has 0 aliphatic heterocycles. The Balaban J connectivity index is 2.01. The Bertz CT molecular complexity index is 418. The molecule has 3 nitrogen and oxygen atoms in total. The first kappa shape index (κ1) is 12.6. The predicted molar refractivity (Wildman–Crippen MR) is 69.8 cm³/mol. The summed E-state index contributed by atoms with van der Waals surface area (Å²) in [4.78, 5) is 13.7. The maximum absolute atomic E-state index is 12.1. The number of hydrogen-bond acceptors (Lipinski definition) is 2. The lowest BCUT2D eigenvalue weighted by atomic mass is 10.1. The highest BCUT2D eigenvalue weighted by Crippen LogP contribution is 2.32. The number of aliphatic hydroxyl groups excluding tert-OH is 1. The lowest BCUT2D eigenvalue weighted by Gasteiger charge is -2.21. The first-order valence-electron chi connectivity index (χ1n) is 5.77. The molecule has 0 spiro atoms. The average molecular weight is 298 g/mol. The summed E-state index contributed by atoms with van der Waals surface area (Å²) in [5.41, 5.74) is 0.637. The van der Waals surface area contributed by atoms with Crippen molar-refractivity contribution in [3.8, 4) is 0 Å². The van der Waals surface area contributed by atoms with Crippen LogP contribution in [0.5, 0.6) is 0 Å². The monoisotopic (exact) mass is 297 g/mol. The van der Waals surface area contributed by atoms with E-state index in [9.17, 15) is 9.90 Å². The zero-order valence-electron chi connectivity index (χ0n) is 9.77. The fourth-order valence-corrected chi connectivity index (χ4v) is 2.29. The molecule has 0 aromatic heterocycles. The number of amides is 1. The highest BCUT2D eigenvalue weighted by molar-refractivity contribution is 9.10. The molecule has 17 heavy (non-hydrogen) atoms. The number of rotatable bonds is 4. The van der Waals surface area contributed by atoms with Gasteiger partial charge in [-0.15, -0.1) is 0 Å². The molecule has 4 heteroatoms. The minimum absolute atomic E-state index is 0.0582. The Morgan fingerprint density at radius 1 is 1.53 bits per heavy atom. The molecule has 1 amide bonds. The van der Waals surface area contributed by atoms with Gasteiger partial charge in [-0.05, 0) is 46.8 Å². The first-order valence-corrected chi connectivity index (χ1v) is 6.57. The van der Waals surface area contributed by atoms with Crippen LogP contribution in [0.3, 0.4) is 0 Å². The standard InChI is InChI=1S/C13H16BrNO2/c1-15(8-12(16)9-6-7-9)13(17)10-4-2-3-5-11(10)14/h2-5,9,12,16H,6-8H2,1H3. The third-order valence-corrected chi connectivity index (χ3v) is 3.77. The number of carbonyl (C=O) groups is 1. The fourth-order valence-electron chi connectivity index (χ4n) is 1.83. The molecule has 1 atom stereocenters. The Hall–Kier alpha value is -0.870. The van der Waals surface area contributed by atoms with Gasteiger partial charge in [0.1, 0.15) is 0 Å². The summed E-state index contributed by atoms with van der Waals surface area (Å²) in [7, 11) is 1.73. The van der Waals surface area contributed by atoms with Crippen molar-refractivity contribution in [2.45, 2.75) is 18.9 Å². The number of hydrogen-bond donors (Lipinski definition) is 1. The van der Waals surface area contributed by atoms with Crippen LogP contribution < -0.4 is 0 Å². The van der Waals surface area contributed by atoms with Crippen molar-refractivity contribution in [1.82, 2.24) is 4.90 Å². The summed E-state index contributed by atoms with van der Waals surface area (Å²) in [5, 5.41) is 9.82. The van der Waals surface area contributed by atoms with Crippen molar-refractivity contribution in [3.05, 3.63) is 34.3 Å². The van der Waals surface area contributed by atoms with Gasteiger partial charge in [0.25, 0.3) is 5.91 Å². The molecule has 0 bridgehead atoms. The molecule has 1 fully saturated rings. The number of nitrogens with zero attached hydrogens (tertiary/aromatic N) is 1. The van der Waals surface area contributed by atoms with Crippen LogP contribution in [0, 0.1) is 5.92 Å². The summed E-state index contributed by atoms with van der Waals surface area (Å²) in [6.45, 7) is 0.408. The molecular weight excluding hydrogens is 282 g/mol. The van der Waals surface area contributed by atoms with Crippen molar-refractivity contribution >= 4 is 21.8 Å². The van der Waals surface area contributed by atoms with Crippen LogP contribution in [0.2, 0.25) is 0 Å². The maximum Gasteiger partial charge on any atom is 0.254 e. The first-order chi connectivity index (χ1) is 8.09. The molecule has 1 unspecified atom stereocenters. The van der Waals surface area contributed by atoms with Crippen LogP contribution in [0.15, 0.2) is 28.7 Å². The van der Waals surface area contributed by atoms with Gasteiger partial charge in [0.2, 0.25) is 0 Å². The fraction of sp³-hybridized carbons (Fsp3) is 0.462. The van der Waals surface area contributed by atoms with Crippen LogP contribution in [0.25, 0.3) is 0 Å². The normalized spacial score (nSPS) is 16.6. The van der Waals surface area contributed by atoms with E-state index < -0.39 is 0 Å². The minimum atomic E-state index is -0.383. The van der Waals surface area contributed by atoms with Gasteiger partial charge in [-0.25, -0.2) is 0 Å². The number of aliphatic hydroxyl groups is 1. The van der Waals surface area contributed by atoms with E-state index in [1.165, 1.54) is 0 Å². The molecule has 0 saturated heterocycles. The molecule has 0 radical (unpaired) electrons. The van der Waals surface area contributed by atoms with Crippen LogP contribution >= 0.6 is 15.9 Å². The van der Waals surface area contributed by atoms with E-state index in [2.05, 4.69) is 15.9 Å². The molecule has 92 valence electrons. The van der Waals surface area contributed by atoms with Crippen molar-refractivity contribution in [2.75, 3.05) is 13.6 Å². The number of likely N-dealkylation sites (N-methyl/N-ethyl adjacent to an activating group) is 1. The van der Waals surface area contributed by atoms with Gasteiger partial charge in [0, 0.05) is 18.1 Å². The molecule has 0 heterocycles. The van der Waals surface area contributed by atoms with E-state index >= 15 is 0 Å². The number of carbonyl (C=O) groups excluding carboxylic acids is 1. The van der Waals surface area contributed by atoms with Gasteiger partial charge in [-0.1, -0.05) is 12.1 Å². The summed E-state index contributed by atoms with van der Waals surface area (Å²) in [6.07, 6.45) is 1.78. The molecule has 1 aromatic carbocycles. The number of halogens is 1. The van der Waals surface area contributed by atoms with Crippen molar-refractivity contribution in [1.29, 1.82) is 0 Å². The second-order valence-corrected chi connectivity index (χ2v) is 5.42. The summed E-state index contributed by atoms with van der Waals surface area (Å²) >= 11 is 3.36. The Kier molecular flexibility index (Phi) is 3.84. The van der Waals surface area contributed by atoms with Crippen molar-refractivity contribution in [3.63, 3.8) is 0 Å². The van der Waals surface area contributed by atoms with Gasteiger partial charge in [-0.2, -0.15) is 0 Å². The van der Waals surface area contributed by atoms with Gasteiger partial charge in [0.15, 0.2) is 0 Å². The zero-order chi connectivity index (χ0) is 12.4. The second kappa shape index (κ2) is 5.19. The Morgan fingerprint density at radius 2 is 2.18 bits per heavy atom. The van der Waals surface area contributed by atoms with Crippen LogP contribution in [0.4, 0.5) is 0 Å². The summed E-state index contributed by atoms with van der Waals surface area (Å²) < 4.78 is 0.790. The van der Waals surface area contributed by atoms with E-state index in [1.54, 1.807) is 18.0 Å². The SMILES string of the molecule is CN(CC(O)C1CC1)C(=O)c1ccccc1Br. The topological polar surface area (TPSA) is 40.5 Å². The summed E-state index contributed by atoms with van der Waals surface area (Å²) in [6, 6.07) is 7.34. The molecule has 1 aromatic rings. The smallest absolute Gasteiger partial charge is 0.254 e. The third-order valence-electron chi connectivity index (χ3n) is 3.08. The van der Waals surface area contributed by atoms with Gasteiger partial charge >= 0.3 is 0 Å². The Morgan fingerprint density at radius 3 is 2.76 bits per heavy atom. The lowest BCUT2D eigenvalue weighted by molar-refractivity contribution is 0.0644. The van der Waals surface area contributed by atoms with Gasteiger partial charge < -0.3 is 10.0 Å². The van der Waals surface area contributed by atoms with Gasteiger partial charge in [0.05, 0.1) is 11.7 Å². The quantitative estimate of drug-likeness (QED) is 0.926. The third kappa shape index (κ3) is 3.07. The molecule has 2 rings (SSSR count). The van der Waals surface area contributed by atoms with Crippen molar-refractivity contribution in [2.24, 2.45) is 5.92 Å². The van der Waals surface area contributed by atoms with Crippen molar-refractivity contribution < 1.29 is 9.90 Å². The van der Waals surface area contributed by atoms with E-state index in [0.29, 0.717) is 18.0 Å². The average Bonchev–Trinajstić information content (AvgIpc) is 3.12. The highest BCUT2D eigenvalue weighted by atomic mass is 79.9.